The Morgan fingerprint density at radius 1 is 1.22 bits per heavy atom. The van der Waals surface area contributed by atoms with Crippen molar-refractivity contribution in [2.45, 2.75) is 39.3 Å². The van der Waals surface area contributed by atoms with Gasteiger partial charge in [0.15, 0.2) is 0 Å². The van der Waals surface area contributed by atoms with Crippen LogP contribution in [0.2, 0.25) is 5.02 Å². The molecular formula is C14H22BrClN2. The van der Waals surface area contributed by atoms with Crippen LogP contribution in [0.5, 0.6) is 0 Å². The van der Waals surface area contributed by atoms with E-state index in [1.807, 2.05) is 12.1 Å². The van der Waals surface area contributed by atoms with E-state index in [9.17, 15) is 0 Å². The van der Waals surface area contributed by atoms with Crippen molar-refractivity contribution in [1.29, 1.82) is 0 Å². The Hall–Kier alpha value is -0.0900. The molecule has 1 rings (SSSR count). The highest BCUT2D eigenvalue weighted by Gasteiger charge is 2.07. The summed E-state index contributed by atoms with van der Waals surface area (Å²) < 4.78 is 1.07. The molecule has 0 spiro atoms. The number of hydrogen-bond donors (Lipinski definition) is 2. The normalized spacial score (nSPS) is 11.8. The van der Waals surface area contributed by atoms with Crippen molar-refractivity contribution in [1.82, 2.24) is 10.6 Å². The van der Waals surface area contributed by atoms with Crippen molar-refractivity contribution in [2.24, 2.45) is 0 Å². The van der Waals surface area contributed by atoms with Gasteiger partial charge in [0, 0.05) is 21.6 Å². The molecule has 0 bridgehead atoms. The molecule has 0 aromatic heterocycles. The van der Waals surface area contributed by atoms with Gasteiger partial charge in [0.05, 0.1) is 0 Å². The lowest BCUT2D eigenvalue weighted by Gasteiger charge is -2.20. The Balaban J connectivity index is 2.20. The van der Waals surface area contributed by atoms with E-state index < -0.39 is 0 Å². The van der Waals surface area contributed by atoms with Crippen LogP contribution in [0.1, 0.15) is 32.8 Å². The summed E-state index contributed by atoms with van der Waals surface area (Å²) in [5, 5.41) is 7.70. The van der Waals surface area contributed by atoms with Gasteiger partial charge in [-0.3, -0.25) is 0 Å². The highest BCUT2D eigenvalue weighted by molar-refractivity contribution is 9.10. The third-order valence-corrected chi connectivity index (χ3v) is 3.37. The minimum atomic E-state index is 0.202. The number of hydrogen-bond acceptors (Lipinski definition) is 2. The summed E-state index contributed by atoms with van der Waals surface area (Å²) in [7, 11) is 0. The zero-order valence-electron chi connectivity index (χ0n) is 11.3. The predicted octanol–water partition coefficient (Wildman–Crippen LogP) is 3.97. The molecule has 1 aromatic rings. The fourth-order valence-electron chi connectivity index (χ4n) is 1.58. The summed E-state index contributed by atoms with van der Waals surface area (Å²) in [6.45, 7) is 9.38. The van der Waals surface area contributed by atoms with Gasteiger partial charge in [-0.05, 0) is 64.0 Å². The Labute approximate surface area is 124 Å². The largest absolute Gasteiger partial charge is 0.313 e. The first kappa shape index (κ1) is 16.0. The van der Waals surface area contributed by atoms with E-state index in [1.165, 1.54) is 0 Å². The van der Waals surface area contributed by atoms with Crippen LogP contribution in [0.3, 0.4) is 0 Å². The molecule has 0 aliphatic rings. The van der Waals surface area contributed by atoms with Crippen LogP contribution in [0.25, 0.3) is 0 Å². The molecule has 2 nitrogen and oxygen atoms in total. The van der Waals surface area contributed by atoms with Crippen LogP contribution in [-0.2, 0) is 6.54 Å². The lowest BCUT2D eigenvalue weighted by molar-refractivity contribution is 0.418. The van der Waals surface area contributed by atoms with Gasteiger partial charge in [0.1, 0.15) is 0 Å². The minimum Gasteiger partial charge on any atom is -0.313 e. The molecule has 0 unspecified atom stereocenters. The van der Waals surface area contributed by atoms with Crippen LogP contribution in [0.15, 0.2) is 22.7 Å². The highest BCUT2D eigenvalue weighted by Crippen LogP contribution is 2.20. The average molecular weight is 334 g/mol. The molecule has 18 heavy (non-hydrogen) atoms. The summed E-state index contributed by atoms with van der Waals surface area (Å²) in [5.41, 5.74) is 1.34. The molecule has 0 atom stereocenters. The first-order chi connectivity index (χ1) is 8.38. The first-order valence-corrected chi connectivity index (χ1v) is 7.45. The third-order valence-electron chi connectivity index (χ3n) is 2.51. The van der Waals surface area contributed by atoms with Crippen molar-refractivity contribution < 1.29 is 0 Å². The van der Waals surface area contributed by atoms with Gasteiger partial charge in [0.25, 0.3) is 0 Å². The maximum atomic E-state index is 6.12. The molecule has 0 saturated heterocycles. The maximum Gasteiger partial charge on any atom is 0.0451 e. The molecule has 0 aliphatic carbocycles. The van der Waals surface area contributed by atoms with Gasteiger partial charge in [-0.15, -0.1) is 0 Å². The van der Waals surface area contributed by atoms with Crippen LogP contribution >= 0.6 is 27.5 Å². The van der Waals surface area contributed by atoms with Gasteiger partial charge >= 0.3 is 0 Å². The van der Waals surface area contributed by atoms with Crippen molar-refractivity contribution in [3.8, 4) is 0 Å². The predicted molar refractivity (Wildman–Crippen MR) is 83.2 cm³/mol. The van der Waals surface area contributed by atoms with E-state index in [2.05, 4.69) is 53.4 Å². The second-order valence-corrected chi connectivity index (χ2v) is 6.77. The number of benzene rings is 1. The van der Waals surface area contributed by atoms with Crippen molar-refractivity contribution in [3.63, 3.8) is 0 Å². The monoisotopic (exact) mass is 332 g/mol. The molecule has 4 heteroatoms. The molecule has 1 aromatic carbocycles. The Bertz CT molecular complexity index is 375. The van der Waals surface area contributed by atoms with Crippen molar-refractivity contribution >= 4 is 27.5 Å². The van der Waals surface area contributed by atoms with E-state index in [0.717, 1.165) is 41.1 Å². The zero-order chi connectivity index (χ0) is 13.6. The Morgan fingerprint density at radius 2 is 1.94 bits per heavy atom. The number of rotatable bonds is 6. The lowest BCUT2D eigenvalue weighted by atomic mass is 10.1. The van der Waals surface area contributed by atoms with Crippen LogP contribution < -0.4 is 10.6 Å². The van der Waals surface area contributed by atoms with E-state index in [1.54, 1.807) is 0 Å². The third kappa shape index (κ3) is 6.74. The molecule has 2 N–H and O–H groups in total. The zero-order valence-corrected chi connectivity index (χ0v) is 13.7. The maximum absolute atomic E-state index is 6.12. The van der Waals surface area contributed by atoms with Gasteiger partial charge in [0.2, 0.25) is 0 Å². The molecule has 0 fully saturated rings. The van der Waals surface area contributed by atoms with E-state index in [0.29, 0.717) is 0 Å². The second kappa shape index (κ2) is 7.49. The molecule has 0 heterocycles. The van der Waals surface area contributed by atoms with E-state index in [4.69, 9.17) is 11.6 Å². The average Bonchev–Trinajstić information content (AvgIpc) is 2.26. The summed E-state index contributed by atoms with van der Waals surface area (Å²) in [5.74, 6) is 0. The van der Waals surface area contributed by atoms with E-state index in [-0.39, 0.29) is 5.54 Å². The van der Waals surface area contributed by atoms with Crippen molar-refractivity contribution in [3.05, 3.63) is 33.3 Å². The van der Waals surface area contributed by atoms with Gasteiger partial charge in [-0.2, -0.15) is 0 Å². The molecule has 0 amide bonds. The Kier molecular flexibility index (Phi) is 6.64. The summed E-state index contributed by atoms with van der Waals surface area (Å²) in [4.78, 5) is 0. The SMILES string of the molecule is CC(C)(C)NCCCNCc1cc(Br)ccc1Cl. The lowest BCUT2D eigenvalue weighted by Crippen LogP contribution is -2.37. The molecule has 0 aliphatic heterocycles. The van der Waals surface area contributed by atoms with Gasteiger partial charge in [-0.1, -0.05) is 27.5 Å². The standard InChI is InChI=1S/C14H22BrClN2/c1-14(2,3)18-8-4-7-17-10-11-9-12(15)5-6-13(11)16/h5-6,9,17-18H,4,7-8,10H2,1-3H3. The summed E-state index contributed by atoms with van der Waals surface area (Å²) in [6.07, 6.45) is 1.11. The number of halogens is 2. The Morgan fingerprint density at radius 3 is 2.61 bits per heavy atom. The van der Waals surface area contributed by atoms with Gasteiger partial charge in [-0.25, -0.2) is 0 Å². The van der Waals surface area contributed by atoms with Crippen LogP contribution in [-0.4, -0.2) is 18.6 Å². The molecule has 0 radical (unpaired) electrons. The highest BCUT2D eigenvalue weighted by atomic mass is 79.9. The molecule has 102 valence electrons. The molecule has 0 saturated carbocycles. The van der Waals surface area contributed by atoms with Gasteiger partial charge < -0.3 is 10.6 Å². The topological polar surface area (TPSA) is 24.1 Å². The van der Waals surface area contributed by atoms with Crippen LogP contribution in [0.4, 0.5) is 0 Å². The smallest absolute Gasteiger partial charge is 0.0451 e. The first-order valence-electron chi connectivity index (χ1n) is 6.28. The second-order valence-electron chi connectivity index (χ2n) is 5.44. The fraction of sp³-hybridized carbons (Fsp3) is 0.571. The summed E-state index contributed by atoms with van der Waals surface area (Å²) in [6, 6.07) is 5.94. The van der Waals surface area contributed by atoms with E-state index >= 15 is 0 Å². The summed E-state index contributed by atoms with van der Waals surface area (Å²) >= 11 is 9.58. The van der Waals surface area contributed by atoms with Crippen molar-refractivity contribution in [2.75, 3.05) is 13.1 Å². The quantitative estimate of drug-likeness (QED) is 0.770. The molecular weight excluding hydrogens is 312 g/mol. The minimum absolute atomic E-state index is 0.202. The number of nitrogens with one attached hydrogen (secondary N) is 2. The van der Waals surface area contributed by atoms with Crippen LogP contribution in [0, 0.1) is 0 Å². The fourth-order valence-corrected chi connectivity index (χ4v) is 2.17.